The summed E-state index contributed by atoms with van der Waals surface area (Å²) in [5.41, 5.74) is 0.882. The van der Waals surface area contributed by atoms with E-state index in [4.69, 9.17) is 16.1 Å². The SMILES string of the molecule is C=C(C[N+]12CCN(CC1)C2)[C@@H]1CC[C@]2(COC(C)=O)CC[C@]3(C)C(CCC4[C@@]5(C)CC[C@H](OC(C)=O)[C@](C)(O)C5CC[C@]43C)C12. The van der Waals surface area contributed by atoms with E-state index in [0.29, 0.717) is 30.3 Å². The number of ether oxygens (including phenoxy) is 2. The number of esters is 2. The molecule has 4 unspecified atom stereocenters. The highest BCUT2D eigenvalue weighted by atomic mass is 16.6. The van der Waals surface area contributed by atoms with Crippen LogP contribution >= 0.6 is 0 Å². The maximum Gasteiger partial charge on any atom is 0.303 e. The molecule has 2 aliphatic heterocycles. The minimum Gasteiger partial charge on any atom is -0.465 e. The maximum absolute atomic E-state index is 12.2. The monoisotopic (exact) mass is 625 g/mol. The minimum absolute atomic E-state index is 0.0134. The predicted molar refractivity (Wildman–Crippen MR) is 174 cm³/mol. The quantitative estimate of drug-likeness (QED) is 0.224. The molecular weight excluding hydrogens is 564 g/mol. The first-order chi connectivity index (χ1) is 21.1. The molecule has 7 aliphatic rings. The Bertz CT molecular complexity index is 1240. The predicted octanol–water partition coefficient (Wildman–Crippen LogP) is 5.95. The largest absolute Gasteiger partial charge is 0.465 e. The Morgan fingerprint density at radius 3 is 2.24 bits per heavy atom. The highest BCUT2D eigenvalue weighted by Gasteiger charge is 2.71. The van der Waals surface area contributed by atoms with Crippen LogP contribution < -0.4 is 0 Å². The van der Waals surface area contributed by atoms with Crippen molar-refractivity contribution in [2.24, 2.45) is 51.2 Å². The summed E-state index contributed by atoms with van der Waals surface area (Å²) in [7, 11) is 0. The van der Waals surface area contributed by atoms with Gasteiger partial charge in [0.2, 0.25) is 0 Å². The Labute approximate surface area is 272 Å². The molecule has 5 saturated carbocycles. The second kappa shape index (κ2) is 10.5. The lowest BCUT2D eigenvalue weighted by molar-refractivity contribution is -0.904. The number of piperazine rings is 1. The molecule has 7 heteroatoms. The molecular formula is C38H61N2O5+. The first-order valence-corrected chi connectivity index (χ1v) is 18.4. The molecule has 2 saturated heterocycles. The lowest BCUT2D eigenvalue weighted by Crippen LogP contribution is -2.68. The number of carbonyl (C=O) groups is 2. The van der Waals surface area contributed by atoms with E-state index in [1.165, 1.54) is 75.5 Å². The highest BCUT2D eigenvalue weighted by Crippen LogP contribution is 2.77. The van der Waals surface area contributed by atoms with Gasteiger partial charge in [-0.3, -0.25) is 9.59 Å². The van der Waals surface area contributed by atoms with Crippen LogP contribution in [0.2, 0.25) is 0 Å². The van der Waals surface area contributed by atoms with Crippen LogP contribution in [0.5, 0.6) is 0 Å². The van der Waals surface area contributed by atoms with Crippen molar-refractivity contribution in [3.63, 3.8) is 0 Å². The summed E-state index contributed by atoms with van der Waals surface area (Å²) in [6, 6.07) is 0. The number of hydrogen-bond acceptors (Lipinski definition) is 6. The molecule has 0 aromatic rings. The summed E-state index contributed by atoms with van der Waals surface area (Å²) >= 11 is 0. The summed E-state index contributed by atoms with van der Waals surface area (Å²) < 4.78 is 12.9. The molecule has 7 rings (SSSR count). The lowest BCUT2D eigenvalue weighted by Gasteiger charge is -2.72. The Kier molecular flexibility index (Phi) is 7.52. The third-order valence-electron chi connectivity index (χ3n) is 16.4. The fourth-order valence-corrected chi connectivity index (χ4v) is 14.1. The van der Waals surface area contributed by atoms with Crippen LogP contribution in [-0.2, 0) is 19.1 Å². The van der Waals surface area contributed by atoms with Gasteiger partial charge in [0.15, 0.2) is 0 Å². The fraction of sp³-hybridized carbons (Fsp3) is 0.895. The van der Waals surface area contributed by atoms with Crippen LogP contribution in [-0.4, -0.2) is 84.1 Å². The average Bonchev–Trinajstić information content (AvgIpc) is 3.67. The van der Waals surface area contributed by atoms with E-state index in [1.54, 1.807) is 6.92 Å². The zero-order valence-corrected chi connectivity index (χ0v) is 29.2. The van der Waals surface area contributed by atoms with Crippen molar-refractivity contribution in [3.8, 4) is 0 Å². The highest BCUT2D eigenvalue weighted by molar-refractivity contribution is 5.66. The summed E-state index contributed by atoms with van der Waals surface area (Å²) in [5, 5.41) is 12.0. The molecule has 1 N–H and O–H groups in total. The summed E-state index contributed by atoms with van der Waals surface area (Å²) in [4.78, 5) is 26.8. The number of nitrogens with zero attached hydrogens (tertiary/aromatic N) is 2. The average molecular weight is 626 g/mol. The zero-order chi connectivity index (χ0) is 32.2. The summed E-state index contributed by atoms with van der Waals surface area (Å²) in [5.74, 6) is 1.80. The van der Waals surface area contributed by atoms with Crippen LogP contribution in [0, 0.1) is 51.2 Å². The van der Waals surface area contributed by atoms with Gasteiger partial charge in [0.05, 0.1) is 32.8 Å². The number of hydrogen-bond donors (Lipinski definition) is 1. The van der Waals surface area contributed by atoms with Crippen molar-refractivity contribution < 1.29 is 28.7 Å². The van der Waals surface area contributed by atoms with Crippen LogP contribution in [0.3, 0.4) is 0 Å². The molecule has 5 aliphatic carbocycles. The number of rotatable bonds is 6. The van der Waals surface area contributed by atoms with Crippen molar-refractivity contribution in [1.29, 1.82) is 0 Å². The minimum atomic E-state index is -1.01. The van der Waals surface area contributed by atoms with Gasteiger partial charge < -0.3 is 19.1 Å². The Hall–Kier alpha value is -1.44. The summed E-state index contributed by atoms with van der Waals surface area (Å²) in [6.07, 6.45) is 10.4. The first kappa shape index (κ1) is 32.1. The second-order valence-corrected chi connectivity index (χ2v) is 18.2. The van der Waals surface area contributed by atoms with Gasteiger partial charge in [-0.1, -0.05) is 27.4 Å². The van der Waals surface area contributed by atoms with Gasteiger partial charge >= 0.3 is 11.9 Å². The third-order valence-corrected chi connectivity index (χ3v) is 16.4. The van der Waals surface area contributed by atoms with Crippen LogP contribution in [0.25, 0.3) is 0 Å². The zero-order valence-electron chi connectivity index (χ0n) is 29.2. The topological polar surface area (TPSA) is 76.1 Å². The van der Waals surface area contributed by atoms with E-state index >= 15 is 0 Å². The van der Waals surface area contributed by atoms with Gasteiger partial charge in [0.25, 0.3) is 0 Å². The number of fused-ring (bicyclic) bond motifs is 9. The molecule has 0 radical (unpaired) electrons. The molecule has 0 amide bonds. The van der Waals surface area contributed by atoms with E-state index in [0.717, 1.165) is 45.1 Å². The van der Waals surface area contributed by atoms with Gasteiger partial charge in [-0.05, 0) is 123 Å². The normalized spacial score (nSPS) is 53.1. The molecule has 2 bridgehead atoms. The van der Waals surface area contributed by atoms with Crippen LogP contribution in [0.15, 0.2) is 12.2 Å². The Balaban J connectivity index is 1.20. The molecule has 0 aromatic carbocycles. The molecule has 45 heavy (non-hydrogen) atoms. The lowest BCUT2D eigenvalue weighted by atomic mass is 9.33. The standard InChI is InChI=1S/C38H61N2O5/c1-25(22-40-20-18-39(24-40)19-21-40)28-10-15-38(23-44-26(2)41)17-16-35(5)29(33(28)38)8-9-30-34(4)13-12-32(45-27(3)42)37(7,43)31(34)11-14-36(30,35)6/h28-33,43H,1,8-24H2,2-7H3/q+1/t28-,29?,30?,31?,32-,33?,34+,35+,36+,37+,38+/m0/s1. The number of aliphatic hydroxyl groups is 1. The van der Waals surface area contributed by atoms with Crippen molar-refractivity contribution in [3.05, 3.63) is 12.2 Å². The van der Waals surface area contributed by atoms with E-state index in [9.17, 15) is 14.7 Å². The molecule has 7 nitrogen and oxygen atoms in total. The van der Waals surface area contributed by atoms with Crippen LogP contribution in [0.4, 0.5) is 0 Å². The van der Waals surface area contributed by atoms with Crippen molar-refractivity contribution in [2.75, 3.05) is 46.0 Å². The van der Waals surface area contributed by atoms with E-state index in [2.05, 4.69) is 25.7 Å². The van der Waals surface area contributed by atoms with Gasteiger partial charge in [-0.2, -0.15) is 0 Å². The molecule has 11 atom stereocenters. The second-order valence-electron chi connectivity index (χ2n) is 18.2. The first-order valence-electron chi connectivity index (χ1n) is 18.4. The molecule has 252 valence electrons. The smallest absolute Gasteiger partial charge is 0.303 e. The number of quaternary nitrogens is 1. The van der Waals surface area contributed by atoms with E-state index in [-0.39, 0.29) is 39.5 Å². The third kappa shape index (κ3) is 4.59. The molecule has 2 heterocycles. The van der Waals surface area contributed by atoms with Crippen molar-refractivity contribution in [2.45, 2.75) is 117 Å². The van der Waals surface area contributed by atoms with Crippen molar-refractivity contribution >= 4 is 11.9 Å². The van der Waals surface area contributed by atoms with E-state index in [1.807, 2.05) is 6.92 Å². The van der Waals surface area contributed by atoms with Crippen molar-refractivity contribution in [1.82, 2.24) is 4.90 Å². The summed E-state index contributed by atoms with van der Waals surface area (Å²) in [6.45, 7) is 25.5. The van der Waals surface area contributed by atoms with E-state index < -0.39 is 11.7 Å². The van der Waals surface area contributed by atoms with Crippen LogP contribution in [0.1, 0.15) is 106 Å². The van der Waals surface area contributed by atoms with Gasteiger partial charge in [-0.25, -0.2) is 4.90 Å². The molecule has 0 spiro atoms. The van der Waals surface area contributed by atoms with Gasteiger partial charge in [0.1, 0.15) is 24.9 Å². The Morgan fingerprint density at radius 2 is 1.60 bits per heavy atom. The maximum atomic E-state index is 12.2. The Morgan fingerprint density at radius 1 is 0.867 bits per heavy atom. The molecule has 7 fully saturated rings. The molecule has 0 aromatic heterocycles. The van der Waals surface area contributed by atoms with Gasteiger partial charge in [0, 0.05) is 19.3 Å². The number of carbonyl (C=O) groups excluding carboxylic acids is 2. The van der Waals surface area contributed by atoms with Gasteiger partial charge in [-0.15, -0.1) is 0 Å². The fourth-order valence-electron chi connectivity index (χ4n) is 14.1.